The highest BCUT2D eigenvalue weighted by molar-refractivity contribution is 5.82. The van der Waals surface area contributed by atoms with Gasteiger partial charge >= 0.3 is 0 Å². The maximum atomic E-state index is 10.2. The van der Waals surface area contributed by atoms with Crippen molar-refractivity contribution in [2.24, 2.45) is 0 Å². The van der Waals surface area contributed by atoms with Crippen LogP contribution in [0.25, 0.3) is 10.9 Å². The molecule has 0 radical (unpaired) electrons. The Hall–Kier alpha value is -2.57. The summed E-state index contributed by atoms with van der Waals surface area (Å²) in [6, 6.07) is 10.6. The van der Waals surface area contributed by atoms with Gasteiger partial charge in [0.15, 0.2) is 0 Å². The molecule has 146 valence electrons. The number of pyridine rings is 1. The van der Waals surface area contributed by atoms with Crippen molar-refractivity contribution in [2.75, 3.05) is 25.0 Å². The molecule has 28 heavy (non-hydrogen) atoms. The van der Waals surface area contributed by atoms with Gasteiger partial charge in [-0.3, -0.25) is 4.90 Å². The molecule has 1 atom stereocenters. The van der Waals surface area contributed by atoms with Gasteiger partial charge < -0.3 is 10.0 Å². The van der Waals surface area contributed by atoms with Gasteiger partial charge in [0.05, 0.1) is 17.3 Å². The lowest BCUT2D eigenvalue weighted by Crippen LogP contribution is -2.39. The minimum absolute atomic E-state index is 0.282. The van der Waals surface area contributed by atoms with Crippen molar-refractivity contribution >= 4 is 16.7 Å². The first-order valence-corrected chi connectivity index (χ1v) is 9.85. The molecule has 1 fully saturated rings. The summed E-state index contributed by atoms with van der Waals surface area (Å²) in [6.45, 7) is 5.20. The Morgan fingerprint density at radius 3 is 2.89 bits per heavy atom. The van der Waals surface area contributed by atoms with Gasteiger partial charge in [-0.2, -0.15) is 0 Å². The number of anilines is 1. The standard InChI is InChI=1S/C22H27N5O/c1-16-5-6-21-17(10-16)11-18(12-26(2)13-19-7-8-23-15-24-19)22(25-21)27-9-3-4-20(28)14-27/h5-8,10-11,15,20,28H,3-4,9,12-14H2,1-2H3/t20-/m1/s1. The second kappa shape index (κ2) is 8.20. The number of rotatable bonds is 5. The van der Waals surface area contributed by atoms with Crippen LogP contribution in [0.3, 0.4) is 0 Å². The number of hydrogen-bond acceptors (Lipinski definition) is 6. The fraction of sp³-hybridized carbons (Fsp3) is 0.409. The van der Waals surface area contributed by atoms with Crippen LogP contribution in [-0.2, 0) is 13.1 Å². The van der Waals surface area contributed by atoms with E-state index in [1.54, 1.807) is 12.5 Å². The molecular formula is C22H27N5O. The molecule has 0 amide bonds. The van der Waals surface area contributed by atoms with E-state index < -0.39 is 0 Å². The quantitative estimate of drug-likeness (QED) is 0.738. The summed E-state index contributed by atoms with van der Waals surface area (Å²) < 4.78 is 0. The van der Waals surface area contributed by atoms with Crippen LogP contribution in [0.4, 0.5) is 5.82 Å². The summed E-state index contributed by atoms with van der Waals surface area (Å²) >= 11 is 0. The third-order valence-electron chi connectivity index (χ3n) is 5.24. The minimum Gasteiger partial charge on any atom is -0.391 e. The summed E-state index contributed by atoms with van der Waals surface area (Å²) in [5.41, 5.74) is 4.42. The Kier molecular flexibility index (Phi) is 5.50. The zero-order chi connectivity index (χ0) is 19.5. The second-order valence-electron chi connectivity index (χ2n) is 7.78. The highest BCUT2D eigenvalue weighted by Crippen LogP contribution is 2.28. The summed E-state index contributed by atoms with van der Waals surface area (Å²) in [7, 11) is 2.09. The van der Waals surface area contributed by atoms with Crippen LogP contribution in [-0.4, -0.2) is 51.2 Å². The third-order valence-corrected chi connectivity index (χ3v) is 5.24. The molecule has 2 aromatic heterocycles. The molecule has 1 aromatic carbocycles. The maximum absolute atomic E-state index is 10.2. The largest absolute Gasteiger partial charge is 0.391 e. The predicted octanol–water partition coefficient (Wildman–Crippen LogP) is 2.93. The lowest BCUT2D eigenvalue weighted by molar-refractivity contribution is 0.153. The lowest BCUT2D eigenvalue weighted by Gasteiger charge is -2.33. The van der Waals surface area contributed by atoms with Crippen molar-refractivity contribution in [1.29, 1.82) is 0 Å². The van der Waals surface area contributed by atoms with E-state index in [0.717, 1.165) is 54.9 Å². The van der Waals surface area contributed by atoms with E-state index in [1.807, 2.05) is 6.07 Å². The zero-order valence-corrected chi connectivity index (χ0v) is 16.5. The summed E-state index contributed by atoms with van der Waals surface area (Å²) in [5, 5.41) is 11.3. The van der Waals surface area contributed by atoms with Crippen LogP contribution >= 0.6 is 0 Å². The molecule has 1 N–H and O–H groups in total. The number of nitrogens with zero attached hydrogens (tertiary/aromatic N) is 5. The van der Waals surface area contributed by atoms with Gasteiger partial charge in [0.2, 0.25) is 0 Å². The molecule has 4 rings (SSSR count). The van der Waals surface area contributed by atoms with Crippen molar-refractivity contribution in [2.45, 2.75) is 39.0 Å². The number of aryl methyl sites for hydroxylation is 1. The fourth-order valence-electron chi connectivity index (χ4n) is 3.90. The Labute approximate surface area is 165 Å². The third kappa shape index (κ3) is 4.29. The SMILES string of the molecule is Cc1ccc2nc(N3CCC[C@@H](O)C3)c(CN(C)Cc3ccncn3)cc2c1. The van der Waals surface area contributed by atoms with Crippen LogP contribution < -0.4 is 4.90 Å². The monoisotopic (exact) mass is 377 g/mol. The Morgan fingerprint density at radius 2 is 2.11 bits per heavy atom. The first-order chi connectivity index (χ1) is 13.6. The summed E-state index contributed by atoms with van der Waals surface area (Å²) in [6.07, 6.45) is 4.94. The number of aromatic nitrogens is 3. The number of benzene rings is 1. The van der Waals surface area contributed by atoms with Crippen LogP contribution in [0.15, 0.2) is 42.9 Å². The first-order valence-electron chi connectivity index (χ1n) is 9.85. The van der Waals surface area contributed by atoms with Gasteiger partial charge in [0, 0.05) is 43.3 Å². The topological polar surface area (TPSA) is 65.4 Å². The highest BCUT2D eigenvalue weighted by Gasteiger charge is 2.22. The zero-order valence-electron chi connectivity index (χ0n) is 16.5. The Morgan fingerprint density at radius 1 is 1.21 bits per heavy atom. The van der Waals surface area contributed by atoms with E-state index in [1.165, 1.54) is 11.1 Å². The fourth-order valence-corrected chi connectivity index (χ4v) is 3.90. The van der Waals surface area contributed by atoms with Crippen molar-refractivity contribution < 1.29 is 5.11 Å². The average Bonchev–Trinajstić information content (AvgIpc) is 2.68. The smallest absolute Gasteiger partial charge is 0.133 e. The molecule has 1 saturated heterocycles. The molecule has 3 heterocycles. The molecule has 0 aliphatic carbocycles. The number of aliphatic hydroxyl groups is 1. The summed E-state index contributed by atoms with van der Waals surface area (Å²) in [4.78, 5) is 17.8. The van der Waals surface area contributed by atoms with Crippen LogP contribution in [0.5, 0.6) is 0 Å². The molecular weight excluding hydrogens is 350 g/mol. The normalized spacial score (nSPS) is 17.4. The van der Waals surface area contributed by atoms with Crippen LogP contribution in [0.1, 0.15) is 29.7 Å². The molecule has 6 nitrogen and oxygen atoms in total. The van der Waals surface area contributed by atoms with Gasteiger partial charge in [0.1, 0.15) is 12.1 Å². The summed E-state index contributed by atoms with van der Waals surface area (Å²) in [5.74, 6) is 0.990. The number of hydrogen-bond donors (Lipinski definition) is 1. The predicted molar refractivity (Wildman–Crippen MR) is 111 cm³/mol. The van der Waals surface area contributed by atoms with Crippen molar-refractivity contribution in [3.63, 3.8) is 0 Å². The van der Waals surface area contributed by atoms with Crippen molar-refractivity contribution in [3.8, 4) is 0 Å². The molecule has 6 heteroatoms. The average molecular weight is 377 g/mol. The number of β-amino-alcohol motifs (C(OH)–C–C–N with tert-alkyl or cyclic N) is 1. The number of piperidine rings is 1. The maximum Gasteiger partial charge on any atom is 0.133 e. The molecule has 0 unspecified atom stereocenters. The lowest BCUT2D eigenvalue weighted by atomic mass is 10.1. The van der Waals surface area contributed by atoms with Gasteiger partial charge in [0.25, 0.3) is 0 Å². The van der Waals surface area contributed by atoms with E-state index in [4.69, 9.17) is 4.98 Å². The first kappa shape index (κ1) is 18.8. The van der Waals surface area contributed by atoms with Crippen LogP contribution in [0, 0.1) is 6.92 Å². The Balaban J connectivity index is 1.66. The number of aliphatic hydroxyl groups excluding tert-OH is 1. The van der Waals surface area contributed by atoms with Crippen molar-refractivity contribution in [3.05, 3.63) is 59.7 Å². The van der Waals surface area contributed by atoms with E-state index in [9.17, 15) is 5.11 Å². The second-order valence-corrected chi connectivity index (χ2v) is 7.78. The van der Waals surface area contributed by atoms with E-state index >= 15 is 0 Å². The van der Waals surface area contributed by atoms with Crippen LogP contribution in [0.2, 0.25) is 0 Å². The van der Waals surface area contributed by atoms with Gasteiger partial charge in [-0.1, -0.05) is 11.6 Å². The molecule has 1 aliphatic rings. The van der Waals surface area contributed by atoms with Gasteiger partial charge in [-0.25, -0.2) is 15.0 Å². The van der Waals surface area contributed by atoms with E-state index in [2.05, 4.69) is 58.0 Å². The minimum atomic E-state index is -0.282. The van der Waals surface area contributed by atoms with E-state index in [-0.39, 0.29) is 6.10 Å². The molecule has 0 saturated carbocycles. The molecule has 0 spiro atoms. The highest BCUT2D eigenvalue weighted by atomic mass is 16.3. The molecule has 0 bridgehead atoms. The van der Waals surface area contributed by atoms with E-state index in [0.29, 0.717) is 6.54 Å². The van der Waals surface area contributed by atoms with Gasteiger partial charge in [-0.15, -0.1) is 0 Å². The molecule has 1 aliphatic heterocycles. The molecule has 3 aromatic rings. The Bertz CT molecular complexity index is 946. The van der Waals surface area contributed by atoms with Gasteiger partial charge in [-0.05, 0) is 51.1 Å². The van der Waals surface area contributed by atoms with Crippen molar-refractivity contribution in [1.82, 2.24) is 19.9 Å². The number of fused-ring (bicyclic) bond motifs is 1.